The largest absolute Gasteiger partial charge is 0.469 e. The number of hydrogen-bond donors (Lipinski definition) is 0. The minimum Gasteiger partial charge on any atom is -0.469 e. The minimum absolute atomic E-state index is 0.118. The second kappa shape index (κ2) is 4.55. The number of ether oxygens (including phenoxy) is 1. The first-order valence-corrected chi connectivity index (χ1v) is 4.72. The van der Waals surface area contributed by atoms with Gasteiger partial charge in [0.2, 0.25) is 0 Å². The highest BCUT2D eigenvalue weighted by atomic mass is 127. The third kappa shape index (κ3) is 2.95. The molecule has 70 valence electrons. The maximum atomic E-state index is 12.7. The Morgan fingerprint density at radius 1 is 1.62 bits per heavy atom. The van der Waals surface area contributed by atoms with Crippen LogP contribution in [0.2, 0.25) is 0 Å². The summed E-state index contributed by atoms with van der Waals surface area (Å²) in [5, 5.41) is 0. The van der Waals surface area contributed by atoms with Crippen molar-refractivity contribution < 1.29 is 13.9 Å². The lowest BCUT2D eigenvalue weighted by Gasteiger charge is -2.02. The summed E-state index contributed by atoms with van der Waals surface area (Å²) in [6.45, 7) is 0. The third-order valence-electron chi connectivity index (χ3n) is 1.57. The zero-order valence-corrected chi connectivity index (χ0v) is 9.17. The number of carbonyl (C=O) groups excluding carboxylic acids is 1. The number of rotatable bonds is 2. The van der Waals surface area contributed by atoms with Crippen molar-refractivity contribution in [3.8, 4) is 0 Å². The molecule has 0 aromatic heterocycles. The number of hydrogen-bond acceptors (Lipinski definition) is 2. The zero-order valence-electron chi connectivity index (χ0n) is 7.01. The molecular formula is C9H8FIO2. The Kier molecular flexibility index (Phi) is 3.65. The molecule has 0 spiro atoms. The maximum absolute atomic E-state index is 12.7. The van der Waals surface area contributed by atoms with Crippen LogP contribution in [0.25, 0.3) is 0 Å². The molecule has 0 saturated carbocycles. The van der Waals surface area contributed by atoms with Crippen LogP contribution >= 0.6 is 22.6 Å². The fourth-order valence-corrected chi connectivity index (χ4v) is 1.43. The summed E-state index contributed by atoms with van der Waals surface area (Å²) in [4.78, 5) is 10.9. The van der Waals surface area contributed by atoms with Crippen LogP contribution in [-0.4, -0.2) is 13.1 Å². The fraction of sp³-hybridized carbons (Fsp3) is 0.222. The van der Waals surface area contributed by atoms with Crippen molar-refractivity contribution in [3.05, 3.63) is 33.1 Å². The van der Waals surface area contributed by atoms with Gasteiger partial charge in [-0.25, -0.2) is 4.39 Å². The van der Waals surface area contributed by atoms with Crippen LogP contribution in [0.5, 0.6) is 0 Å². The Morgan fingerprint density at radius 2 is 2.31 bits per heavy atom. The molecule has 0 bridgehead atoms. The normalized spacial score (nSPS) is 9.77. The second-order valence-corrected chi connectivity index (χ2v) is 3.65. The maximum Gasteiger partial charge on any atom is 0.310 e. The number of carbonyl (C=O) groups is 1. The van der Waals surface area contributed by atoms with Crippen LogP contribution in [-0.2, 0) is 16.0 Å². The molecule has 13 heavy (non-hydrogen) atoms. The fourth-order valence-electron chi connectivity index (χ4n) is 0.906. The van der Waals surface area contributed by atoms with Gasteiger partial charge in [0.25, 0.3) is 0 Å². The van der Waals surface area contributed by atoms with Crippen molar-refractivity contribution in [2.75, 3.05) is 7.11 Å². The quantitative estimate of drug-likeness (QED) is 0.617. The number of halogens is 2. The van der Waals surface area contributed by atoms with Gasteiger partial charge in [0.15, 0.2) is 0 Å². The van der Waals surface area contributed by atoms with Crippen molar-refractivity contribution in [1.82, 2.24) is 0 Å². The Balaban J connectivity index is 2.87. The van der Waals surface area contributed by atoms with Gasteiger partial charge in [-0.15, -0.1) is 0 Å². The Hall–Kier alpha value is -0.650. The van der Waals surface area contributed by atoms with Gasteiger partial charge < -0.3 is 4.74 Å². The van der Waals surface area contributed by atoms with E-state index in [0.29, 0.717) is 5.56 Å². The number of benzene rings is 1. The molecule has 1 rings (SSSR count). The second-order valence-electron chi connectivity index (χ2n) is 2.49. The molecule has 4 heteroatoms. The average Bonchev–Trinajstić information content (AvgIpc) is 2.11. The van der Waals surface area contributed by atoms with Crippen LogP contribution in [0, 0.1) is 9.39 Å². The summed E-state index contributed by atoms with van der Waals surface area (Å²) < 4.78 is 18.1. The molecule has 0 amide bonds. The minimum atomic E-state index is -0.358. The molecule has 0 radical (unpaired) electrons. The van der Waals surface area contributed by atoms with Gasteiger partial charge in [0.1, 0.15) is 5.82 Å². The first kappa shape index (κ1) is 10.4. The number of esters is 1. The Morgan fingerprint density at radius 3 is 2.92 bits per heavy atom. The van der Waals surface area contributed by atoms with E-state index in [9.17, 15) is 9.18 Å². The molecule has 0 aliphatic rings. The van der Waals surface area contributed by atoms with Gasteiger partial charge in [-0.2, -0.15) is 0 Å². The van der Waals surface area contributed by atoms with Crippen molar-refractivity contribution >= 4 is 28.6 Å². The highest BCUT2D eigenvalue weighted by Gasteiger charge is 2.07. The predicted octanol–water partition coefficient (Wildman–Crippen LogP) is 2.15. The Bertz CT molecular complexity index is 325. The van der Waals surface area contributed by atoms with E-state index in [1.54, 1.807) is 6.07 Å². The highest BCUT2D eigenvalue weighted by Crippen LogP contribution is 2.14. The van der Waals surface area contributed by atoms with Gasteiger partial charge in [0.05, 0.1) is 13.5 Å². The van der Waals surface area contributed by atoms with Gasteiger partial charge >= 0.3 is 5.97 Å². The van der Waals surface area contributed by atoms with Crippen LogP contribution in [0.3, 0.4) is 0 Å². The molecule has 1 aromatic carbocycles. The van der Waals surface area contributed by atoms with E-state index in [0.717, 1.165) is 3.57 Å². The van der Waals surface area contributed by atoms with Crippen molar-refractivity contribution in [2.24, 2.45) is 0 Å². The average molecular weight is 294 g/mol. The molecule has 0 aliphatic carbocycles. The van der Waals surface area contributed by atoms with Gasteiger partial charge in [-0.3, -0.25) is 4.79 Å². The monoisotopic (exact) mass is 294 g/mol. The molecule has 0 fully saturated rings. The predicted molar refractivity (Wildman–Crippen MR) is 54.8 cm³/mol. The first-order valence-electron chi connectivity index (χ1n) is 3.64. The molecule has 0 N–H and O–H groups in total. The van der Waals surface area contributed by atoms with E-state index in [1.807, 2.05) is 0 Å². The standard InChI is InChI=1S/C9H8FIO2/c1-13-9(12)5-6-4-7(10)2-3-8(6)11/h2-4H,5H2,1H3. The molecular weight excluding hydrogens is 286 g/mol. The zero-order chi connectivity index (χ0) is 9.84. The lowest BCUT2D eigenvalue weighted by Crippen LogP contribution is -2.06. The molecule has 0 saturated heterocycles. The summed E-state index contributed by atoms with van der Waals surface area (Å²) in [6.07, 6.45) is 0.118. The van der Waals surface area contributed by atoms with E-state index in [1.165, 1.54) is 19.2 Å². The van der Waals surface area contributed by atoms with Gasteiger partial charge in [-0.1, -0.05) is 0 Å². The molecule has 0 unspecified atom stereocenters. The van der Waals surface area contributed by atoms with Crippen LogP contribution < -0.4 is 0 Å². The van der Waals surface area contributed by atoms with Crippen LogP contribution in [0.15, 0.2) is 18.2 Å². The van der Waals surface area contributed by atoms with Crippen molar-refractivity contribution in [3.63, 3.8) is 0 Å². The molecule has 1 aromatic rings. The lowest BCUT2D eigenvalue weighted by atomic mass is 10.1. The van der Waals surface area contributed by atoms with Crippen molar-refractivity contribution in [2.45, 2.75) is 6.42 Å². The summed E-state index contributed by atoms with van der Waals surface area (Å²) in [7, 11) is 1.31. The topological polar surface area (TPSA) is 26.3 Å². The summed E-state index contributed by atoms with van der Waals surface area (Å²) in [5.41, 5.74) is 0.660. The van der Waals surface area contributed by atoms with Crippen molar-refractivity contribution in [1.29, 1.82) is 0 Å². The SMILES string of the molecule is COC(=O)Cc1cc(F)ccc1I. The van der Waals surface area contributed by atoms with E-state index in [2.05, 4.69) is 27.3 Å². The smallest absolute Gasteiger partial charge is 0.310 e. The first-order chi connectivity index (χ1) is 6.13. The van der Waals surface area contributed by atoms with Gasteiger partial charge in [-0.05, 0) is 46.4 Å². The third-order valence-corrected chi connectivity index (χ3v) is 2.62. The van der Waals surface area contributed by atoms with Crippen LogP contribution in [0.1, 0.15) is 5.56 Å². The Labute approximate surface area is 89.2 Å². The van der Waals surface area contributed by atoms with Gasteiger partial charge in [0, 0.05) is 3.57 Å². The van der Waals surface area contributed by atoms with Crippen LogP contribution in [0.4, 0.5) is 4.39 Å². The molecule has 0 heterocycles. The summed E-state index contributed by atoms with van der Waals surface area (Å²) in [6, 6.07) is 4.34. The summed E-state index contributed by atoms with van der Waals surface area (Å²) in [5.74, 6) is -0.692. The summed E-state index contributed by atoms with van der Waals surface area (Å²) >= 11 is 2.05. The van der Waals surface area contributed by atoms with E-state index < -0.39 is 0 Å². The molecule has 0 aliphatic heterocycles. The number of methoxy groups -OCH3 is 1. The highest BCUT2D eigenvalue weighted by molar-refractivity contribution is 14.1. The molecule has 2 nitrogen and oxygen atoms in total. The van der Waals surface area contributed by atoms with E-state index >= 15 is 0 Å². The molecule has 0 atom stereocenters. The van der Waals surface area contributed by atoms with E-state index in [-0.39, 0.29) is 18.2 Å². The lowest BCUT2D eigenvalue weighted by molar-refractivity contribution is -0.139. The van der Waals surface area contributed by atoms with E-state index in [4.69, 9.17) is 0 Å².